The number of carbonyl (C=O) groups excluding carboxylic acids is 1. The molecule has 0 bridgehead atoms. The minimum Gasteiger partial charge on any atom is -0.396 e. The van der Waals surface area contributed by atoms with Crippen LogP contribution in [0.15, 0.2) is 6.07 Å². The fraction of sp³-hybridized carbons (Fsp3) is 0.714. The van der Waals surface area contributed by atoms with Crippen LogP contribution in [-0.2, 0) is 12.5 Å². The third kappa shape index (κ3) is 4.06. The number of aliphatic hydroxyl groups is 1. The van der Waals surface area contributed by atoms with E-state index in [0.29, 0.717) is 12.1 Å². The molecule has 0 aliphatic rings. The topological polar surface area (TPSA) is 67.2 Å². The number of carbonyl (C=O) groups is 1. The van der Waals surface area contributed by atoms with E-state index in [9.17, 15) is 4.79 Å². The first kappa shape index (κ1) is 15.7. The molecule has 0 aromatic carbocycles. The van der Waals surface area contributed by atoms with Gasteiger partial charge in [0, 0.05) is 25.1 Å². The van der Waals surface area contributed by atoms with E-state index in [4.69, 9.17) is 5.11 Å². The highest BCUT2D eigenvalue weighted by Gasteiger charge is 2.22. The molecule has 1 rings (SSSR count). The van der Waals surface area contributed by atoms with Gasteiger partial charge in [-0.15, -0.1) is 0 Å². The highest BCUT2D eigenvalue weighted by atomic mass is 16.3. The van der Waals surface area contributed by atoms with E-state index in [1.807, 2.05) is 13.0 Å². The maximum absolute atomic E-state index is 12.2. The molecule has 5 heteroatoms. The van der Waals surface area contributed by atoms with Crippen LogP contribution in [0.25, 0.3) is 0 Å². The standard InChI is InChI=1S/C14H25N3O2/c1-6-10(7-8-18)15-13(19)11-9-12(14(2,3)4)16-17(11)5/h9-10,18H,6-8H2,1-5H3,(H,15,19). The third-order valence-corrected chi connectivity index (χ3v) is 3.19. The lowest BCUT2D eigenvalue weighted by Crippen LogP contribution is -2.36. The first-order valence-electron chi connectivity index (χ1n) is 6.75. The lowest BCUT2D eigenvalue weighted by Gasteiger charge is -2.15. The second-order valence-electron chi connectivity index (χ2n) is 5.88. The van der Waals surface area contributed by atoms with Gasteiger partial charge in [-0.2, -0.15) is 5.10 Å². The van der Waals surface area contributed by atoms with Gasteiger partial charge in [0.05, 0.1) is 5.69 Å². The molecule has 1 heterocycles. The second-order valence-corrected chi connectivity index (χ2v) is 5.88. The van der Waals surface area contributed by atoms with Gasteiger partial charge in [0.1, 0.15) is 5.69 Å². The van der Waals surface area contributed by atoms with Gasteiger partial charge in [0.2, 0.25) is 0 Å². The summed E-state index contributed by atoms with van der Waals surface area (Å²) < 4.78 is 1.61. The number of hydrogen-bond donors (Lipinski definition) is 2. The maximum atomic E-state index is 12.2. The smallest absolute Gasteiger partial charge is 0.269 e. The van der Waals surface area contributed by atoms with Crippen molar-refractivity contribution in [3.63, 3.8) is 0 Å². The Bertz CT molecular complexity index is 432. The lowest BCUT2D eigenvalue weighted by atomic mass is 9.92. The van der Waals surface area contributed by atoms with Crippen LogP contribution in [0.3, 0.4) is 0 Å². The van der Waals surface area contributed by atoms with Crippen LogP contribution >= 0.6 is 0 Å². The molecule has 19 heavy (non-hydrogen) atoms. The molecule has 108 valence electrons. The van der Waals surface area contributed by atoms with Crippen molar-refractivity contribution in [3.8, 4) is 0 Å². The van der Waals surface area contributed by atoms with Crippen molar-refractivity contribution < 1.29 is 9.90 Å². The summed E-state index contributed by atoms with van der Waals surface area (Å²) in [6, 6.07) is 1.84. The Morgan fingerprint density at radius 3 is 2.58 bits per heavy atom. The van der Waals surface area contributed by atoms with Crippen LogP contribution in [0, 0.1) is 0 Å². The van der Waals surface area contributed by atoms with E-state index in [2.05, 4.69) is 31.2 Å². The van der Waals surface area contributed by atoms with E-state index >= 15 is 0 Å². The Kier molecular flexibility index (Phi) is 5.11. The number of hydrogen-bond acceptors (Lipinski definition) is 3. The molecule has 0 spiro atoms. The van der Waals surface area contributed by atoms with Gasteiger partial charge in [-0.05, 0) is 18.9 Å². The Morgan fingerprint density at radius 1 is 1.53 bits per heavy atom. The highest BCUT2D eigenvalue weighted by Crippen LogP contribution is 2.21. The van der Waals surface area contributed by atoms with Gasteiger partial charge in [0.15, 0.2) is 0 Å². The number of aromatic nitrogens is 2. The number of amides is 1. The summed E-state index contributed by atoms with van der Waals surface area (Å²) in [5.74, 6) is -0.134. The molecule has 0 fully saturated rings. The zero-order valence-corrected chi connectivity index (χ0v) is 12.5. The summed E-state index contributed by atoms with van der Waals surface area (Å²) in [4.78, 5) is 12.2. The summed E-state index contributed by atoms with van der Waals surface area (Å²) >= 11 is 0. The fourth-order valence-electron chi connectivity index (χ4n) is 1.84. The predicted molar refractivity (Wildman–Crippen MR) is 75.2 cm³/mol. The maximum Gasteiger partial charge on any atom is 0.269 e. The molecule has 0 saturated heterocycles. The SMILES string of the molecule is CCC(CCO)NC(=O)c1cc(C(C)(C)C)nn1C. The van der Waals surface area contributed by atoms with E-state index < -0.39 is 0 Å². The van der Waals surface area contributed by atoms with Crippen molar-refractivity contribution in [2.45, 2.75) is 52.0 Å². The van der Waals surface area contributed by atoms with Crippen molar-refractivity contribution >= 4 is 5.91 Å². The molecule has 0 aliphatic carbocycles. The Balaban J connectivity index is 2.85. The number of aryl methyl sites for hydroxylation is 1. The van der Waals surface area contributed by atoms with E-state index in [-0.39, 0.29) is 24.0 Å². The summed E-state index contributed by atoms with van der Waals surface area (Å²) in [7, 11) is 1.77. The molecule has 1 atom stereocenters. The minimum atomic E-state index is -0.134. The van der Waals surface area contributed by atoms with Crippen molar-refractivity contribution in [2.75, 3.05) is 6.61 Å². The zero-order valence-electron chi connectivity index (χ0n) is 12.5. The summed E-state index contributed by atoms with van der Waals surface area (Å²) in [5.41, 5.74) is 1.38. The van der Waals surface area contributed by atoms with Gasteiger partial charge in [-0.1, -0.05) is 27.7 Å². The quantitative estimate of drug-likeness (QED) is 0.851. The predicted octanol–water partition coefficient (Wildman–Crippen LogP) is 1.61. The van der Waals surface area contributed by atoms with Crippen LogP contribution in [0.4, 0.5) is 0 Å². The second kappa shape index (κ2) is 6.19. The highest BCUT2D eigenvalue weighted by molar-refractivity contribution is 5.92. The Morgan fingerprint density at radius 2 is 2.16 bits per heavy atom. The Hall–Kier alpha value is -1.36. The summed E-state index contributed by atoms with van der Waals surface area (Å²) in [5, 5.41) is 16.3. The number of nitrogens with zero attached hydrogens (tertiary/aromatic N) is 2. The number of aliphatic hydroxyl groups excluding tert-OH is 1. The molecule has 1 amide bonds. The molecular weight excluding hydrogens is 242 g/mol. The van der Waals surface area contributed by atoms with Gasteiger partial charge >= 0.3 is 0 Å². The number of nitrogens with one attached hydrogen (secondary N) is 1. The van der Waals surface area contributed by atoms with Crippen LogP contribution in [0.1, 0.15) is 56.7 Å². The monoisotopic (exact) mass is 267 g/mol. The molecule has 0 aliphatic heterocycles. The normalized spacial score (nSPS) is 13.4. The van der Waals surface area contributed by atoms with Crippen molar-refractivity contribution in [3.05, 3.63) is 17.5 Å². The van der Waals surface area contributed by atoms with Crippen molar-refractivity contribution in [1.29, 1.82) is 0 Å². The van der Waals surface area contributed by atoms with Crippen LogP contribution in [-0.4, -0.2) is 33.4 Å². The van der Waals surface area contributed by atoms with Crippen LogP contribution < -0.4 is 5.32 Å². The average Bonchev–Trinajstić information content (AvgIpc) is 2.70. The zero-order chi connectivity index (χ0) is 14.6. The largest absolute Gasteiger partial charge is 0.396 e. The van der Waals surface area contributed by atoms with Gasteiger partial charge in [0.25, 0.3) is 5.91 Å². The summed E-state index contributed by atoms with van der Waals surface area (Å²) in [6.07, 6.45) is 1.38. The van der Waals surface area contributed by atoms with Gasteiger partial charge in [-0.25, -0.2) is 0 Å². The molecule has 5 nitrogen and oxygen atoms in total. The molecule has 0 radical (unpaired) electrons. The fourth-order valence-corrected chi connectivity index (χ4v) is 1.84. The lowest BCUT2D eigenvalue weighted by molar-refractivity contribution is 0.0919. The van der Waals surface area contributed by atoms with Crippen molar-refractivity contribution in [1.82, 2.24) is 15.1 Å². The third-order valence-electron chi connectivity index (χ3n) is 3.19. The van der Waals surface area contributed by atoms with E-state index in [0.717, 1.165) is 12.1 Å². The molecule has 2 N–H and O–H groups in total. The average molecular weight is 267 g/mol. The molecule has 1 unspecified atom stereocenters. The van der Waals surface area contributed by atoms with Crippen molar-refractivity contribution in [2.24, 2.45) is 7.05 Å². The molecule has 0 saturated carbocycles. The van der Waals surface area contributed by atoms with Gasteiger partial charge in [-0.3, -0.25) is 9.48 Å². The summed E-state index contributed by atoms with van der Waals surface area (Å²) in [6.45, 7) is 8.27. The first-order chi connectivity index (χ1) is 8.79. The van der Waals surface area contributed by atoms with E-state index in [1.54, 1.807) is 11.7 Å². The Labute approximate surface area is 115 Å². The minimum absolute atomic E-state index is 0.00508. The first-order valence-corrected chi connectivity index (χ1v) is 6.75. The van der Waals surface area contributed by atoms with Gasteiger partial charge < -0.3 is 10.4 Å². The molecule has 1 aromatic heterocycles. The van der Waals surface area contributed by atoms with Crippen LogP contribution in [0.5, 0.6) is 0 Å². The van der Waals surface area contributed by atoms with E-state index in [1.165, 1.54) is 0 Å². The number of rotatable bonds is 5. The van der Waals surface area contributed by atoms with Crippen LogP contribution in [0.2, 0.25) is 0 Å². The molecular formula is C14H25N3O2. The molecule has 1 aromatic rings.